The minimum atomic E-state index is -3.83. The van der Waals surface area contributed by atoms with Crippen molar-refractivity contribution in [2.45, 2.75) is 31.6 Å². The van der Waals surface area contributed by atoms with E-state index in [2.05, 4.69) is 0 Å². The summed E-state index contributed by atoms with van der Waals surface area (Å²) in [5, 5.41) is 10.9. The van der Waals surface area contributed by atoms with Crippen LogP contribution in [0.2, 0.25) is 0 Å². The zero-order valence-electron chi connectivity index (χ0n) is 13.6. The third-order valence-electron chi connectivity index (χ3n) is 4.07. The number of rotatable bonds is 5. The van der Waals surface area contributed by atoms with Crippen molar-refractivity contribution in [2.24, 2.45) is 5.92 Å². The fourth-order valence-corrected chi connectivity index (χ4v) is 4.43. The second-order valence-corrected chi connectivity index (χ2v) is 7.54. The van der Waals surface area contributed by atoms with Crippen LogP contribution in [-0.4, -0.2) is 43.3 Å². The number of non-ortho nitro benzene ring substituents is 1. The fourth-order valence-electron chi connectivity index (χ4n) is 2.71. The van der Waals surface area contributed by atoms with Gasteiger partial charge in [0.05, 0.1) is 22.3 Å². The van der Waals surface area contributed by atoms with Crippen molar-refractivity contribution in [3.05, 3.63) is 33.9 Å². The molecular formula is C15H20N2O6S. The fraction of sp³-hybridized carbons (Fsp3) is 0.533. The average molecular weight is 356 g/mol. The van der Waals surface area contributed by atoms with Gasteiger partial charge in [0.1, 0.15) is 0 Å². The zero-order valence-corrected chi connectivity index (χ0v) is 14.4. The molecule has 1 aromatic carbocycles. The Balaban J connectivity index is 2.19. The van der Waals surface area contributed by atoms with Gasteiger partial charge < -0.3 is 4.74 Å². The summed E-state index contributed by atoms with van der Waals surface area (Å²) in [4.78, 5) is 21.9. The minimum Gasteiger partial charge on any atom is -0.466 e. The van der Waals surface area contributed by atoms with Gasteiger partial charge in [0.25, 0.3) is 5.69 Å². The van der Waals surface area contributed by atoms with E-state index in [1.54, 1.807) is 13.8 Å². The molecule has 0 saturated carbocycles. The molecule has 1 aliphatic heterocycles. The van der Waals surface area contributed by atoms with E-state index < -0.39 is 14.9 Å². The van der Waals surface area contributed by atoms with Crippen LogP contribution in [0, 0.1) is 23.0 Å². The molecule has 1 aromatic rings. The largest absolute Gasteiger partial charge is 0.466 e. The Kier molecular flexibility index (Phi) is 5.55. The van der Waals surface area contributed by atoms with Crippen molar-refractivity contribution < 1.29 is 22.9 Å². The van der Waals surface area contributed by atoms with Gasteiger partial charge in [-0.3, -0.25) is 14.9 Å². The number of hydrogen-bond donors (Lipinski definition) is 0. The van der Waals surface area contributed by atoms with E-state index in [0.29, 0.717) is 25.0 Å². The molecule has 8 nitrogen and oxygen atoms in total. The van der Waals surface area contributed by atoms with E-state index in [1.807, 2.05) is 0 Å². The predicted molar refractivity (Wildman–Crippen MR) is 85.9 cm³/mol. The van der Waals surface area contributed by atoms with Crippen LogP contribution in [0.5, 0.6) is 0 Å². The SMILES string of the molecule is CCOC(=O)C1CCN(S(=O)(=O)c2cc([N+](=O)[O-])ccc2C)CC1. The lowest BCUT2D eigenvalue weighted by atomic mass is 9.98. The van der Waals surface area contributed by atoms with E-state index in [4.69, 9.17) is 4.74 Å². The van der Waals surface area contributed by atoms with Gasteiger partial charge in [0, 0.05) is 25.2 Å². The standard InChI is InChI=1S/C15H20N2O6S/c1-3-23-15(18)12-6-8-16(9-7-12)24(21,22)14-10-13(17(19)20)5-4-11(14)2/h4-5,10,12H,3,6-9H2,1-2H3. The number of sulfonamides is 1. The van der Waals surface area contributed by atoms with Gasteiger partial charge in [-0.2, -0.15) is 4.31 Å². The molecule has 0 bridgehead atoms. The van der Waals surface area contributed by atoms with Crippen LogP contribution in [0.25, 0.3) is 0 Å². The van der Waals surface area contributed by atoms with Crippen molar-refractivity contribution in [3.63, 3.8) is 0 Å². The Morgan fingerprint density at radius 2 is 2.00 bits per heavy atom. The molecule has 0 spiro atoms. The van der Waals surface area contributed by atoms with E-state index in [0.717, 1.165) is 6.07 Å². The molecule has 1 fully saturated rings. The van der Waals surface area contributed by atoms with Crippen molar-refractivity contribution in [2.75, 3.05) is 19.7 Å². The number of ether oxygens (including phenoxy) is 1. The predicted octanol–water partition coefficient (Wildman–Crippen LogP) is 1.87. The summed E-state index contributed by atoms with van der Waals surface area (Å²) < 4.78 is 31.8. The lowest BCUT2D eigenvalue weighted by molar-refractivity contribution is -0.385. The van der Waals surface area contributed by atoms with E-state index >= 15 is 0 Å². The number of nitro benzene ring substituents is 1. The van der Waals surface area contributed by atoms with E-state index in [9.17, 15) is 23.3 Å². The molecule has 0 unspecified atom stereocenters. The molecule has 9 heteroatoms. The average Bonchev–Trinajstić information content (AvgIpc) is 2.55. The maximum absolute atomic E-state index is 12.8. The number of carbonyl (C=O) groups is 1. The van der Waals surface area contributed by atoms with Crippen molar-refractivity contribution >= 4 is 21.7 Å². The summed E-state index contributed by atoms with van der Waals surface area (Å²) in [6.45, 7) is 4.00. The van der Waals surface area contributed by atoms with Crippen LogP contribution in [0.3, 0.4) is 0 Å². The highest BCUT2D eigenvalue weighted by Gasteiger charge is 2.34. The molecule has 1 saturated heterocycles. The second kappa shape index (κ2) is 7.27. The first kappa shape index (κ1) is 18.3. The number of carbonyl (C=O) groups excluding carboxylic acids is 1. The highest BCUT2D eigenvalue weighted by molar-refractivity contribution is 7.89. The van der Waals surface area contributed by atoms with E-state index in [-0.39, 0.29) is 35.6 Å². The first-order valence-electron chi connectivity index (χ1n) is 7.69. The van der Waals surface area contributed by atoms with Crippen LogP contribution < -0.4 is 0 Å². The van der Waals surface area contributed by atoms with Crippen molar-refractivity contribution in [3.8, 4) is 0 Å². The van der Waals surface area contributed by atoms with Crippen LogP contribution >= 0.6 is 0 Å². The highest BCUT2D eigenvalue weighted by atomic mass is 32.2. The summed E-state index contributed by atoms with van der Waals surface area (Å²) in [5.41, 5.74) is 0.189. The monoisotopic (exact) mass is 356 g/mol. The maximum atomic E-state index is 12.8. The smallest absolute Gasteiger partial charge is 0.309 e. The number of esters is 1. The zero-order chi connectivity index (χ0) is 17.9. The van der Waals surface area contributed by atoms with Crippen molar-refractivity contribution in [1.82, 2.24) is 4.31 Å². The molecule has 0 aliphatic carbocycles. The summed E-state index contributed by atoms with van der Waals surface area (Å²) >= 11 is 0. The van der Waals surface area contributed by atoms with Gasteiger partial charge in [-0.1, -0.05) is 6.07 Å². The third-order valence-corrected chi connectivity index (χ3v) is 6.11. The molecule has 0 atom stereocenters. The molecule has 0 amide bonds. The number of nitrogens with zero attached hydrogens (tertiary/aromatic N) is 2. The molecule has 0 radical (unpaired) electrons. The molecular weight excluding hydrogens is 336 g/mol. The maximum Gasteiger partial charge on any atom is 0.309 e. The van der Waals surface area contributed by atoms with Crippen LogP contribution in [0.4, 0.5) is 5.69 Å². The van der Waals surface area contributed by atoms with Gasteiger partial charge in [-0.05, 0) is 32.3 Å². The van der Waals surface area contributed by atoms with Gasteiger partial charge in [0.2, 0.25) is 10.0 Å². The Bertz CT molecular complexity index is 738. The number of aryl methyl sites for hydroxylation is 1. The second-order valence-electron chi connectivity index (χ2n) is 5.64. The first-order chi connectivity index (χ1) is 11.3. The van der Waals surface area contributed by atoms with Crippen LogP contribution in [0.1, 0.15) is 25.3 Å². The summed E-state index contributed by atoms with van der Waals surface area (Å²) in [6.07, 6.45) is 0.762. The molecule has 0 aromatic heterocycles. The molecule has 1 aliphatic rings. The molecule has 132 valence electrons. The topological polar surface area (TPSA) is 107 Å². The highest BCUT2D eigenvalue weighted by Crippen LogP contribution is 2.28. The number of benzene rings is 1. The van der Waals surface area contributed by atoms with Gasteiger partial charge in [0.15, 0.2) is 0 Å². The summed E-state index contributed by atoms with van der Waals surface area (Å²) in [7, 11) is -3.83. The van der Waals surface area contributed by atoms with Crippen LogP contribution in [0.15, 0.2) is 23.1 Å². The Morgan fingerprint density at radius 3 is 2.54 bits per heavy atom. The van der Waals surface area contributed by atoms with Gasteiger partial charge in [-0.15, -0.1) is 0 Å². The lowest BCUT2D eigenvalue weighted by Crippen LogP contribution is -2.40. The third kappa shape index (κ3) is 3.73. The molecule has 0 N–H and O–H groups in total. The normalized spacial score (nSPS) is 16.8. The van der Waals surface area contributed by atoms with Gasteiger partial charge in [-0.25, -0.2) is 8.42 Å². The summed E-state index contributed by atoms with van der Waals surface area (Å²) in [5.74, 6) is -0.608. The Labute approximate surface area is 140 Å². The first-order valence-corrected chi connectivity index (χ1v) is 9.13. The molecule has 2 rings (SSSR count). The molecule has 24 heavy (non-hydrogen) atoms. The van der Waals surface area contributed by atoms with E-state index in [1.165, 1.54) is 16.4 Å². The van der Waals surface area contributed by atoms with Crippen LogP contribution in [-0.2, 0) is 19.6 Å². The lowest BCUT2D eigenvalue weighted by Gasteiger charge is -2.30. The quantitative estimate of drug-likeness (QED) is 0.453. The number of hydrogen-bond acceptors (Lipinski definition) is 6. The summed E-state index contributed by atoms with van der Waals surface area (Å²) in [6, 6.07) is 3.79. The molecule has 1 heterocycles. The number of nitro groups is 1. The number of piperidine rings is 1. The van der Waals surface area contributed by atoms with Gasteiger partial charge >= 0.3 is 5.97 Å². The van der Waals surface area contributed by atoms with Crippen molar-refractivity contribution in [1.29, 1.82) is 0 Å². The Hall–Kier alpha value is -2.00. The minimum absolute atomic E-state index is 0.0636. The Morgan fingerprint density at radius 1 is 1.38 bits per heavy atom.